The number of methoxy groups -OCH3 is 1. The zero-order chi connectivity index (χ0) is 20.1. The summed E-state index contributed by atoms with van der Waals surface area (Å²) in [5, 5.41) is 6.41. The number of para-hydroxylation sites is 1. The molecule has 28 heavy (non-hydrogen) atoms. The van der Waals surface area contributed by atoms with Gasteiger partial charge in [0.05, 0.1) is 7.11 Å². The third kappa shape index (κ3) is 4.49. The van der Waals surface area contributed by atoms with E-state index in [1.165, 1.54) is 0 Å². The monoisotopic (exact) mass is 375 g/mol. The van der Waals surface area contributed by atoms with Gasteiger partial charge in [0.1, 0.15) is 11.6 Å². The van der Waals surface area contributed by atoms with Crippen LogP contribution in [-0.2, 0) is 4.79 Å². The van der Waals surface area contributed by atoms with Crippen molar-refractivity contribution in [3.8, 4) is 16.9 Å². The summed E-state index contributed by atoms with van der Waals surface area (Å²) in [4.78, 5) is 16.9. The summed E-state index contributed by atoms with van der Waals surface area (Å²) in [7, 11) is 1.64. The predicted octanol–water partition coefficient (Wildman–Crippen LogP) is 5.49. The van der Waals surface area contributed by atoms with Crippen molar-refractivity contribution in [3.63, 3.8) is 0 Å². The van der Waals surface area contributed by atoms with Crippen LogP contribution in [0.25, 0.3) is 11.1 Å². The van der Waals surface area contributed by atoms with E-state index >= 15 is 0 Å². The molecule has 0 spiro atoms. The third-order valence-corrected chi connectivity index (χ3v) is 4.30. The number of amides is 1. The minimum atomic E-state index is -0.490. The highest BCUT2D eigenvalue weighted by molar-refractivity contribution is 5.99. The number of hydrogen-bond donors (Lipinski definition) is 2. The Morgan fingerprint density at radius 2 is 1.68 bits per heavy atom. The van der Waals surface area contributed by atoms with Crippen LogP contribution in [0, 0.1) is 5.41 Å². The van der Waals surface area contributed by atoms with Crippen LogP contribution in [0.15, 0.2) is 66.9 Å². The summed E-state index contributed by atoms with van der Waals surface area (Å²) in [5.74, 6) is 1.44. The molecule has 3 aromatic rings. The van der Waals surface area contributed by atoms with E-state index in [1.54, 1.807) is 13.3 Å². The zero-order valence-electron chi connectivity index (χ0n) is 16.6. The lowest BCUT2D eigenvalue weighted by Crippen LogP contribution is -2.27. The maximum Gasteiger partial charge on any atom is 0.229 e. The molecule has 0 aliphatic heterocycles. The van der Waals surface area contributed by atoms with E-state index in [4.69, 9.17) is 4.74 Å². The van der Waals surface area contributed by atoms with Crippen molar-refractivity contribution in [2.24, 2.45) is 5.41 Å². The van der Waals surface area contributed by atoms with E-state index in [0.29, 0.717) is 0 Å². The van der Waals surface area contributed by atoms with E-state index in [0.717, 1.165) is 34.1 Å². The summed E-state index contributed by atoms with van der Waals surface area (Å²) in [6, 6.07) is 19.2. The van der Waals surface area contributed by atoms with Crippen LogP contribution in [0.1, 0.15) is 20.8 Å². The molecule has 1 heterocycles. The van der Waals surface area contributed by atoms with E-state index in [1.807, 2.05) is 81.4 Å². The number of anilines is 3. The summed E-state index contributed by atoms with van der Waals surface area (Å²) in [5.41, 5.74) is 2.94. The van der Waals surface area contributed by atoms with Crippen molar-refractivity contribution in [2.45, 2.75) is 20.8 Å². The Labute approximate surface area is 165 Å². The number of ether oxygens (including phenoxy) is 1. The summed E-state index contributed by atoms with van der Waals surface area (Å²) >= 11 is 0. The van der Waals surface area contributed by atoms with E-state index in [9.17, 15) is 4.79 Å². The summed E-state index contributed by atoms with van der Waals surface area (Å²) in [6.45, 7) is 5.68. The molecule has 144 valence electrons. The summed E-state index contributed by atoms with van der Waals surface area (Å²) in [6.07, 6.45) is 1.74. The second-order valence-electron chi connectivity index (χ2n) is 7.50. The lowest BCUT2D eigenvalue weighted by atomic mass is 9.94. The first-order chi connectivity index (χ1) is 13.4. The Bertz CT molecular complexity index is 963. The van der Waals surface area contributed by atoms with Crippen LogP contribution >= 0.6 is 0 Å². The van der Waals surface area contributed by atoms with Crippen molar-refractivity contribution in [3.05, 3.63) is 66.9 Å². The van der Waals surface area contributed by atoms with Crippen LogP contribution in [0.5, 0.6) is 5.75 Å². The molecular weight excluding hydrogens is 350 g/mol. The van der Waals surface area contributed by atoms with Gasteiger partial charge in [0.15, 0.2) is 0 Å². The van der Waals surface area contributed by atoms with Gasteiger partial charge in [-0.1, -0.05) is 45.0 Å². The Morgan fingerprint density at radius 3 is 2.36 bits per heavy atom. The molecule has 0 unspecified atom stereocenters. The number of nitrogens with one attached hydrogen (secondary N) is 2. The van der Waals surface area contributed by atoms with Crippen molar-refractivity contribution in [1.29, 1.82) is 0 Å². The number of carbonyl (C=O) groups excluding carboxylic acids is 1. The van der Waals surface area contributed by atoms with Crippen molar-refractivity contribution >= 4 is 23.1 Å². The smallest absolute Gasteiger partial charge is 0.229 e. The molecule has 5 nitrogen and oxygen atoms in total. The van der Waals surface area contributed by atoms with Crippen LogP contribution in [0.4, 0.5) is 17.2 Å². The number of nitrogens with zero attached hydrogens (tertiary/aromatic N) is 1. The van der Waals surface area contributed by atoms with Crippen molar-refractivity contribution < 1.29 is 9.53 Å². The predicted molar refractivity (Wildman–Crippen MR) is 114 cm³/mol. The number of rotatable bonds is 5. The molecule has 0 atom stereocenters. The molecule has 0 bridgehead atoms. The second kappa shape index (κ2) is 8.13. The lowest BCUT2D eigenvalue weighted by Gasteiger charge is -2.21. The number of aromatic nitrogens is 1. The van der Waals surface area contributed by atoms with Gasteiger partial charge in [-0.15, -0.1) is 0 Å². The van der Waals surface area contributed by atoms with Crippen LogP contribution < -0.4 is 15.4 Å². The number of carbonyl (C=O) groups is 1. The first-order valence-corrected chi connectivity index (χ1v) is 9.15. The fourth-order valence-electron chi connectivity index (χ4n) is 2.69. The highest BCUT2D eigenvalue weighted by atomic mass is 16.5. The van der Waals surface area contributed by atoms with Gasteiger partial charge < -0.3 is 15.4 Å². The van der Waals surface area contributed by atoms with Gasteiger partial charge in [-0.25, -0.2) is 4.98 Å². The molecule has 1 aromatic heterocycles. The SMILES string of the molecule is COc1ccc(Nc2ccccn2)c(-c2ccccc2NC(=O)C(C)(C)C)c1. The maximum absolute atomic E-state index is 12.6. The van der Waals surface area contributed by atoms with Crippen LogP contribution in [0.2, 0.25) is 0 Å². The minimum absolute atomic E-state index is 0.0397. The normalized spacial score (nSPS) is 11.0. The molecule has 0 fully saturated rings. The maximum atomic E-state index is 12.6. The molecule has 2 N–H and O–H groups in total. The van der Waals surface area contributed by atoms with Gasteiger partial charge >= 0.3 is 0 Å². The van der Waals surface area contributed by atoms with E-state index in [-0.39, 0.29) is 5.91 Å². The number of benzene rings is 2. The Hall–Kier alpha value is -3.34. The summed E-state index contributed by atoms with van der Waals surface area (Å²) < 4.78 is 5.43. The van der Waals surface area contributed by atoms with E-state index < -0.39 is 5.41 Å². The Morgan fingerprint density at radius 1 is 0.929 bits per heavy atom. The van der Waals surface area contributed by atoms with Gasteiger partial charge in [-0.2, -0.15) is 0 Å². The molecular formula is C23H25N3O2. The van der Waals surface area contributed by atoms with Gasteiger partial charge in [-0.05, 0) is 36.4 Å². The van der Waals surface area contributed by atoms with Crippen molar-refractivity contribution in [1.82, 2.24) is 4.98 Å². The van der Waals surface area contributed by atoms with Crippen LogP contribution in [-0.4, -0.2) is 18.0 Å². The first kappa shape index (κ1) is 19.4. The van der Waals surface area contributed by atoms with Gasteiger partial charge in [0.25, 0.3) is 0 Å². The highest BCUT2D eigenvalue weighted by Crippen LogP contribution is 2.37. The Balaban J connectivity index is 2.06. The van der Waals surface area contributed by atoms with Gasteiger partial charge in [-0.3, -0.25) is 4.79 Å². The minimum Gasteiger partial charge on any atom is -0.497 e. The highest BCUT2D eigenvalue weighted by Gasteiger charge is 2.22. The topological polar surface area (TPSA) is 63.2 Å². The molecule has 0 aliphatic carbocycles. The number of hydrogen-bond acceptors (Lipinski definition) is 4. The molecule has 3 rings (SSSR count). The quantitative estimate of drug-likeness (QED) is 0.619. The van der Waals surface area contributed by atoms with E-state index in [2.05, 4.69) is 15.6 Å². The average Bonchev–Trinajstić information content (AvgIpc) is 2.69. The molecule has 5 heteroatoms. The van der Waals surface area contributed by atoms with Gasteiger partial charge in [0.2, 0.25) is 5.91 Å². The fraction of sp³-hybridized carbons (Fsp3) is 0.217. The third-order valence-electron chi connectivity index (χ3n) is 4.30. The molecule has 0 aliphatic rings. The molecule has 1 amide bonds. The average molecular weight is 375 g/mol. The molecule has 0 saturated heterocycles. The van der Waals surface area contributed by atoms with Gasteiger partial charge in [0, 0.05) is 34.1 Å². The second-order valence-corrected chi connectivity index (χ2v) is 7.50. The number of pyridine rings is 1. The lowest BCUT2D eigenvalue weighted by molar-refractivity contribution is -0.123. The first-order valence-electron chi connectivity index (χ1n) is 9.15. The van der Waals surface area contributed by atoms with Crippen molar-refractivity contribution in [2.75, 3.05) is 17.7 Å². The molecule has 2 aromatic carbocycles. The standard InChI is InChI=1S/C23H25N3O2/c1-23(2,3)22(27)26-19-10-6-5-9-17(19)18-15-16(28-4)12-13-20(18)25-21-11-7-8-14-24-21/h5-15H,1-4H3,(H,24,25)(H,26,27). The zero-order valence-corrected chi connectivity index (χ0v) is 16.6. The Kier molecular flexibility index (Phi) is 5.64. The molecule has 0 radical (unpaired) electrons. The molecule has 0 saturated carbocycles. The van der Waals surface area contributed by atoms with Crippen LogP contribution in [0.3, 0.4) is 0 Å². The largest absolute Gasteiger partial charge is 0.497 e. The fourth-order valence-corrected chi connectivity index (χ4v) is 2.69.